The van der Waals surface area contributed by atoms with E-state index >= 15 is 0 Å². The fourth-order valence-electron chi connectivity index (χ4n) is 2.21. The molecule has 94 valence electrons. The molecule has 2 N–H and O–H groups in total. The van der Waals surface area contributed by atoms with Crippen molar-refractivity contribution < 1.29 is 14.3 Å². The fourth-order valence-corrected chi connectivity index (χ4v) is 2.21. The van der Waals surface area contributed by atoms with Crippen molar-refractivity contribution in [3.05, 3.63) is 23.7 Å². The van der Waals surface area contributed by atoms with Gasteiger partial charge in [-0.3, -0.25) is 0 Å². The molecule has 0 radical (unpaired) electrons. The Kier molecular flexibility index (Phi) is 3.49. The van der Waals surface area contributed by atoms with Crippen LogP contribution in [0.5, 0.6) is 0 Å². The first-order chi connectivity index (χ1) is 8.06. The summed E-state index contributed by atoms with van der Waals surface area (Å²) >= 11 is 0. The van der Waals surface area contributed by atoms with Crippen molar-refractivity contribution in [2.75, 3.05) is 20.1 Å². The number of hydrogen-bond donors (Lipinski definition) is 2. The van der Waals surface area contributed by atoms with E-state index in [1.807, 2.05) is 6.92 Å². The number of carboxylic acids is 1. The standard InChI is InChI=1S/C12H18N2O3/c1-8(13-9-5-6-14(2)7-9)10-3-4-11(17-10)12(15)16/h3-4,8-9,13H,5-7H2,1-2H3,(H,15,16). The second-order valence-electron chi connectivity index (χ2n) is 4.64. The molecule has 1 aliphatic heterocycles. The van der Waals surface area contributed by atoms with Gasteiger partial charge in [0.05, 0.1) is 6.04 Å². The van der Waals surface area contributed by atoms with Gasteiger partial charge in [-0.25, -0.2) is 4.79 Å². The van der Waals surface area contributed by atoms with Gasteiger partial charge in [0.1, 0.15) is 5.76 Å². The van der Waals surface area contributed by atoms with Crippen LogP contribution < -0.4 is 5.32 Å². The van der Waals surface area contributed by atoms with Crippen molar-refractivity contribution in [3.8, 4) is 0 Å². The van der Waals surface area contributed by atoms with Gasteiger partial charge in [0, 0.05) is 12.6 Å². The monoisotopic (exact) mass is 238 g/mol. The molecule has 1 aliphatic rings. The quantitative estimate of drug-likeness (QED) is 0.828. The van der Waals surface area contributed by atoms with Crippen LogP contribution in [0, 0.1) is 0 Å². The summed E-state index contributed by atoms with van der Waals surface area (Å²) in [5.74, 6) is -0.349. The van der Waals surface area contributed by atoms with E-state index in [1.165, 1.54) is 6.07 Å². The lowest BCUT2D eigenvalue weighted by Crippen LogP contribution is -2.33. The van der Waals surface area contributed by atoms with E-state index in [0.717, 1.165) is 19.5 Å². The summed E-state index contributed by atoms with van der Waals surface area (Å²) < 4.78 is 5.27. The van der Waals surface area contributed by atoms with E-state index in [9.17, 15) is 4.79 Å². The van der Waals surface area contributed by atoms with Gasteiger partial charge in [-0.15, -0.1) is 0 Å². The van der Waals surface area contributed by atoms with Crippen LogP contribution in [0.4, 0.5) is 0 Å². The number of rotatable bonds is 4. The lowest BCUT2D eigenvalue weighted by atomic mass is 10.2. The van der Waals surface area contributed by atoms with Crippen LogP contribution >= 0.6 is 0 Å². The summed E-state index contributed by atoms with van der Waals surface area (Å²) in [6.07, 6.45) is 1.12. The molecule has 2 unspecified atom stereocenters. The molecule has 1 fully saturated rings. The Hall–Kier alpha value is -1.33. The third-order valence-electron chi connectivity index (χ3n) is 3.14. The minimum atomic E-state index is -1.02. The fraction of sp³-hybridized carbons (Fsp3) is 0.583. The molecular formula is C12H18N2O3. The van der Waals surface area contributed by atoms with E-state index in [2.05, 4.69) is 17.3 Å². The maximum atomic E-state index is 10.7. The summed E-state index contributed by atoms with van der Waals surface area (Å²) in [5, 5.41) is 12.2. The van der Waals surface area contributed by atoms with Crippen LogP contribution in [-0.4, -0.2) is 42.2 Å². The molecule has 0 aliphatic carbocycles. The number of aromatic carboxylic acids is 1. The number of carboxylic acid groups (broad SMARTS) is 1. The maximum absolute atomic E-state index is 10.7. The number of carbonyl (C=O) groups is 1. The Morgan fingerprint density at radius 2 is 2.41 bits per heavy atom. The average molecular weight is 238 g/mol. The first kappa shape index (κ1) is 12.1. The molecule has 5 heteroatoms. The topological polar surface area (TPSA) is 65.7 Å². The minimum Gasteiger partial charge on any atom is -0.475 e. The molecule has 1 aromatic rings. The summed E-state index contributed by atoms with van der Waals surface area (Å²) in [6, 6.07) is 3.71. The van der Waals surface area contributed by atoms with Gasteiger partial charge in [-0.1, -0.05) is 0 Å². The largest absolute Gasteiger partial charge is 0.475 e. The highest BCUT2D eigenvalue weighted by molar-refractivity contribution is 5.84. The number of likely N-dealkylation sites (N-methyl/N-ethyl adjacent to an activating group) is 1. The molecule has 1 aromatic heterocycles. The molecule has 0 bridgehead atoms. The zero-order chi connectivity index (χ0) is 12.4. The molecule has 2 atom stereocenters. The van der Waals surface area contributed by atoms with Gasteiger partial charge in [0.15, 0.2) is 0 Å². The highest BCUT2D eigenvalue weighted by Gasteiger charge is 2.22. The molecule has 1 saturated heterocycles. The van der Waals surface area contributed by atoms with E-state index in [0.29, 0.717) is 11.8 Å². The number of nitrogens with one attached hydrogen (secondary N) is 1. The van der Waals surface area contributed by atoms with E-state index in [4.69, 9.17) is 9.52 Å². The third-order valence-corrected chi connectivity index (χ3v) is 3.14. The lowest BCUT2D eigenvalue weighted by Gasteiger charge is -2.17. The van der Waals surface area contributed by atoms with Crippen LogP contribution in [0.25, 0.3) is 0 Å². The van der Waals surface area contributed by atoms with Crippen molar-refractivity contribution in [1.82, 2.24) is 10.2 Å². The zero-order valence-electron chi connectivity index (χ0n) is 10.1. The summed E-state index contributed by atoms with van der Waals surface area (Å²) in [6.45, 7) is 4.11. The Morgan fingerprint density at radius 1 is 1.65 bits per heavy atom. The van der Waals surface area contributed by atoms with Crippen molar-refractivity contribution in [2.24, 2.45) is 0 Å². The molecule has 2 rings (SSSR count). The number of nitrogens with zero attached hydrogens (tertiary/aromatic N) is 1. The predicted octanol–water partition coefficient (Wildman–Crippen LogP) is 1.33. The van der Waals surface area contributed by atoms with Gasteiger partial charge < -0.3 is 19.7 Å². The van der Waals surface area contributed by atoms with Crippen molar-refractivity contribution in [1.29, 1.82) is 0 Å². The van der Waals surface area contributed by atoms with Gasteiger partial charge in [0.25, 0.3) is 0 Å². The molecule has 5 nitrogen and oxygen atoms in total. The number of likely N-dealkylation sites (tertiary alicyclic amines) is 1. The molecule has 0 saturated carbocycles. The smallest absolute Gasteiger partial charge is 0.371 e. The third kappa shape index (κ3) is 2.87. The Labute approximate surface area is 100 Å². The Bertz CT molecular complexity index is 402. The molecule has 2 heterocycles. The summed E-state index contributed by atoms with van der Waals surface area (Å²) in [7, 11) is 2.10. The van der Waals surface area contributed by atoms with Crippen molar-refractivity contribution in [3.63, 3.8) is 0 Å². The second kappa shape index (κ2) is 4.89. The van der Waals surface area contributed by atoms with Gasteiger partial charge in [-0.05, 0) is 39.1 Å². The molecular weight excluding hydrogens is 220 g/mol. The maximum Gasteiger partial charge on any atom is 0.371 e. The highest BCUT2D eigenvalue weighted by Crippen LogP contribution is 2.18. The van der Waals surface area contributed by atoms with Crippen molar-refractivity contribution >= 4 is 5.97 Å². The number of hydrogen-bond acceptors (Lipinski definition) is 4. The SMILES string of the molecule is CC(NC1CCN(C)C1)c1ccc(C(=O)O)o1. The molecule has 0 spiro atoms. The summed E-state index contributed by atoms with van der Waals surface area (Å²) in [5.41, 5.74) is 0. The van der Waals surface area contributed by atoms with Gasteiger partial charge >= 0.3 is 5.97 Å². The van der Waals surface area contributed by atoms with Crippen molar-refractivity contribution in [2.45, 2.75) is 25.4 Å². The van der Waals surface area contributed by atoms with Crippen LogP contribution in [-0.2, 0) is 0 Å². The van der Waals surface area contributed by atoms with Crippen LogP contribution in [0.2, 0.25) is 0 Å². The zero-order valence-corrected chi connectivity index (χ0v) is 10.1. The Morgan fingerprint density at radius 3 is 2.94 bits per heavy atom. The van der Waals surface area contributed by atoms with Crippen LogP contribution in [0.3, 0.4) is 0 Å². The molecule has 0 amide bonds. The van der Waals surface area contributed by atoms with E-state index in [1.54, 1.807) is 6.07 Å². The first-order valence-corrected chi connectivity index (χ1v) is 5.84. The predicted molar refractivity (Wildman–Crippen MR) is 63.1 cm³/mol. The average Bonchev–Trinajstić information content (AvgIpc) is 2.86. The first-order valence-electron chi connectivity index (χ1n) is 5.84. The Balaban J connectivity index is 1.94. The second-order valence-corrected chi connectivity index (χ2v) is 4.64. The normalized spacial score (nSPS) is 22.8. The van der Waals surface area contributed by atoms with Crippen LogP contribution in [0.1, 0.15) is 35.7 Å². The molecule has 0 aromatic carbocycles. The lowest BCUT2D eigenvalue weighted by molar-refractivity contribution is 0.0659. The molecule has 17 heavy (non-hydrogen) atoms. The van der Waals surface area contributed by atoms with Gasteiger partial charge in [0.2, 0.25) is 5.76 Å². The van der Waals surface area contributed by atoms with E-state index < -0.39 is 5.97 Å². The minimum absolute atomic E-state index is 0.00260. The van der Waals surface area contributed by atoms with E-state index in [-0.39, 0.29) is 11.8 Å². The summed E-state index contributed by atoms with van der Waals surface area (Å²) in [4.78, 5) is 13.0. The number of furan rings is 1. The highest BCUT2D eigenvalue weighted by atomic mass is 16.4. The van der Waals surface area contributed by atoms with Crippen LogP contribution in [0.15, 0.2) is 16.5 Å². The van der Waals surface area contributed by atoms with Gasteiger partial charge in [-0.2, -0.15) is 0 Å².